The fraction of sp³-hybridized carbons (Fsp3) is 0.900. The summed E-state index contributed by atoms with van der Waals surface area (Å²) in [6.07, 6.45) is 2.60. The molecule has 1 unspecified atom stereocenters. The zero-order valence-electron chi connectivity index (χ0n) is 9.53. The predicted molar refractivity (Wildman–Crippen MR) is 60.4 cm³/mol. The van der Waals surface area contributed by atoms with E-state index in [1.54, 1.807) is 7.05 Å². The molecule has 1 saturated heterocycles. The highest BCUT2D eigenvalue weighted by Gasteiger charge is 2.24. The van der Waals surface area contributed by atoms with Crippen molar-refractivity contribution in [2.24, 2.45) is 10.7 Å². The first kappa shape index (κ1) is 11.3. The van der Waals surface area contributed by atoms with Crippen LogP contribution in [0, 0.1) is 0 Å². The molecule has 4 heteroatoms. The maximum Gasteiger partial charge on any atom is 0.190 e. The number of hydrogen-bond donors (Lipinski definition) is 1. The lowest BCUT2D eigenvalue weighted by Gasteiger charge is -2.28. The summed E-state index contributed by atoms with van der Waals surface area (Å²) in [5, 5.41) is 0. The number of rotatable bonds is 3. The second kappa shape index (κ2) is 5.20. The Bertz CT molecular complexity index is 202. The van der Waals surface area contributed by atoms with Gasteiger partial charge in [0.25, 0.3) is 0 Å². The first-order chi connectivity index (χ1) is 6.69. The van der Waals surface area contributed by atoms with E-state index in [2.05, 4.69) is 16.8 Å². The summed E-state index contributed by atoms with van der Waals surface area (Å²) in [6, 6.07) is 0.658. The van der Waals surface area contributed by atoms with Gasteiger partial charge in [-0.2, -0.15) is 0 Å². The number of nitrogens with two attached hydrogens (primary N) is 1. The van der Waals surface area contributed by atoms with Gasteiger partial charge < -0.3 is 10.6 Å². The van der Waals surface area contributed by atoms with E-state index in [0.717, 1.165) is 13.1 Å². The highest BCUT2D eigenvalue weighted by Crippen LogP contribution is 2.16. The highest BCUT2D eigenvalue weighted by molar-refractivity contribution is 5.77. The van der Waals surface area contributed by atoms with E-state index in [9.17, 15) is 0 Å². The van der Waals surface area contributed by atoms with Crippen molar-refractivity contribution in [3.05, 3.63) is 0 Å². The molecule has 0 spiro atoms. The number of likely N-dealkylation sites (N-methyl/N-ethyl adjacent to an activating group) is 2. The third-order valence-electron chi connectivity index (χ3n) is 3.01. The van der Waals surface area contributed by atoms with E-state index in [1.807, 2.05) is 11.9 Å². The summed E-state index contributed by atoms with van der Waals surface area (Å²) < 4.78 is 0. The summed E-state index contributed by atoms with van der Waals surface area (Å²) in [4.78, 5) is 8.54. The average molecular weight is 198 g/mol. The fourth-order valence-corrected chi connectivity index (χ4v) is 2.10. The van der Waals surface area contributed by atoms with E-state index in [4.69, 9.17) is 5.73 Å². The zero-order valence-corrected chi connectivity index (χ0v) is 9.53. The molecule has 0 bridgehead atoms. The van der Waals surface area contributed by atoms with Gasteiger partial charge in [-0.1, -0.05) is 6.92 Å². The minimum atomic E-state index is 0.632. The van der Waals surface area contributed by atoms with Crippen molar-refractivity contribution in [2.75, 3.05) is 33.7 Å². The molecule has 0 saturated carbocycles. The molecule has 0 aromatic carbocycles. The van der Waals surface area contributed by atoms with Crippen LogP contribution in [0.1, 0.15) is 19.8 Å². The molecular weight excluding hydrogens is 176 g/mol. The Hall–Kier alpha value is -0.770. The second-order valence-corrected chi connectivity index (χ2v) is 3.89. The van der Waals surface area contributed by atoms with E-state index < -0.39 is 0 Å². The van der Waals surface area contributed by atoms with Gasteiger partial charge >= 0.3 is 0 Å². The molecule has 0 amide bonds. The van der Waals surface area contributed by atoms with Crippen LogP contribution < -0.4 is 5.73 Å². The first-order valence-corrected chi connectivity index (χ1v) is 5.36. The summed E-state index contributed by atoms with van der Waals surface area (Å²) in [7, 11) is 3.74. The van der Waals surface area contributed by atoms with Crippen LogP contribution in [0.4, 0.5) is 0 Å². The molecule has 0 aromatic rings. The van der Waals surface area contributed by atoms with Crippen LogP contribution in [0.2, 0.25) is 0 Å². The average Bonchev–Trinajstić information content (AvgIpc) is 2.63. The molecule has 1 aliphatic rings. The number of guanidine groups is 1. The largest absolute Gasteiger partial charge is 0.370 e. The lowest BCUT2D eigenvalue weighted by molar-refractivity contribution is 0.234. The Morgan fingerprint density at radius 1 is 1.64 bits per heavy atom. The standard InChI is InChI=1S/C10H22N4/c1-4-14-7-5-6-9(14)8-13(3)10(11)12-2/h9H,4-8H2,1-3H3,(H2,11,12). The summed E-state index contributed by atoms with van der Waals surface area (Å²) in [5.74, 6) is 0.632. The van der Waals surface area contributed by atoms with Gasteiger partial charge in [0.05, 0.1) is 0 Å². The molecule has 0 radical (unpaired) electrons. The predicted octanol–water partition coefficient (Wildman–Crippen LogP) is 0.347. The SMILES string of the molecule is CCN1CCCC1CN(C)C(N)=NC. The molecule has 14 heavy (non-hydrogen) atoms. The van der Waals surface area contributed by atoms with E-state index in [0.29, 0.717) is 12.0 Å². The minimum absolute atomic E-state index is 0.632. The van der Waals surface area contributed by atoms with Gasteiger partial charge in [0.2, 0.25) is 0 Å². The van der Waals surface area contributed by atoms with Crippen LogP contribution in [-0.4, -0.2) is 55.5 Å². The lowest BCUT2D eigenvalue weighted by atomic mass is 10.2. The van der Waals surface area contributed by atoms with Crippen molar-refractivity contribution in [3.63, 3.8) is 0 Å². The molecule has 1 heterocycles. The van der Waals surface area contributed by atoms with Crippen molar-refractivity contribution in [1.82, 2.24) is 9.80 Å². The maximum atomic E-state index is 5.74. The first-order valence-electron chi connectivity index (χ1n) is 5.36. The maximum absolute atomic E-state index is 5.74. The number of hydrogen-bond acceptors (Lipinski definition) is 2. The molecule has 0 aromatic heterocycles. The van der Waals surface area contributed by atoms with Gasteiger partial charge in [0.15, 0.2) is 5.96 Å². The third kappa shape index (κ3) is 2.61. The summed E-state index contributed by atoms with van der Waals surface area (Å²) in [6.45, 7) is 5.59. The topological polar surface area (TPSA) is 44.9 Å². The van der Waals surface area contributed by atoms with Crippen LogP contribution >= 0.6 is 0 Å². The Morgan fingerprint density at radius 3 is 2.93 bits per heavy atom. The van der Waals surface area contributed by atoms with Gasteiger partial charge in [-0.25, -0.2) is 0 Å². The molecule has 1 atom stereocenters. The van der Waals surface area contributed by atoms with Crippen LogP contribution in [0.5, 0.6) is 0 Å². The Balaban J connectivity index is 2.43. The monoisotopic (exact) mass is 198 g/mol. The normalized spacial score (nSPS) is 24.2. The number of nitrogens with zero attached hydrogens (tertiary/aromatic N) is 3. The number of aliphatic imine (C=N–C) groups is 1. The van der Waals surface area contributed by atoms with Gasteiger partial charge in [0.1, 0.15) is 0 Å². The minimum Gasteiger partial charge on any atom is -0.370 e. The molecule has 4 nitrogen and oxygen atoms in total. The van der Waals surface area contributed by atoms with Crippen LogP contribution in [-0.2, 0) is 0 Å². The van der Waals surface area contributed by atoms with Crippen LogP contribution in [0.25, 0.3) is 0 Å². The van der Waals surface area contributed by atoms with Gasteiger partial charge in [-0.05, 0) is 25.9 Å². The molecule has 1 rings (SSSR count). The quantitative estimate of drug-likeness (QED) is 0.525. The van der Waals surface area contributed by atoms with Crippen molar-refractivity contribution in [2.45, 2.75) is 25.8 Å². The Labute approximate surface area is 86.8 Å². The van der Waals surface area contributed by atoms with E-state index in [-0.39, 0.29) is 0 Å². The summed E-state index contributed by atoms with van der Waals surface area (Å²) >= 11 is 0. The zero-order chi connectivity index (χ0) is 10.6. The molecular formula is C10H22N4. The van der Waals surface area contributed by atoms with Crippen LogP contribution in [0.15, 0.2) is 4.99 Å². The molecule has 1 fully saturated rings. The van der Waals surface area contributed by atoms with Crippen molar-refractivity contribution >= 4 is 5.96 Å². The number of likely N-dealkylation sites (tertiary alicyclic amines) is 1. The Morgan fingerprint density at radius 2 is 2.36 bits per heavy atom. The van der Waals surface area contributed by atoms with E-state index in [1.165, 1.54) is 19.4 Å². The van der Waals surface area contributed by atoms with Crippen molar-refractivity contribution in [3.8, 4) is 0 Å². The fourth-order valence-electron chi connectivity index (χ4n) is 2.10. The molecule has 1 aliphatic heterocycles. The van der Waals surface area contributed by atoms with Crippen molar-refractivity contribution < 1.29 is 0 Å². The van der Waals surface area contributed by atoms with Crippen molar-refractivity contribution in [1.29, 1.82) is 0 Å². The van der Waals surface area contributed by atoms with Gasteiger partial charge in [-0.15, -0.1) is 0 Å². The lowest BCUT2D eigenvalue weighted by Crippen LogP contribution is -2.43. The summed E-state index contributed by atoms with van der Waals surface area (Å²) in [5.41, 5.74) is 5.74. The third-order valence-corrected chi connectivity index (χ3v) is 3.01. The highest BCUT2D eigenvalue weighted by atomic mass is 15.3. The Kier molecular flexibility index (Phi) is 4.20. The molecule has 0 aliphatic carbocycles. The molecule has 82 valence electrons. The van der Waals surface area contributed by atoms with E-state index >= 15 is 0 Å². The second-order valence-electron chi connectivity index (χ2n) is 3.89. The smallest absolute Gasteiger partial charge is 0.190 e. The van der Waals surface area contributed by atoms with Crippen LogP contribution in [0.3, 0.4) is 0 Å². The van der Waals surface area contributed by atoms with Gasteiger partial charge in [-0.3, -0.25) is 9.89 Å². The van der Waals surface area contributed by atoms with Gasteiger partial charge in [0, 0.05) is 26.7 Å². The molecule has 2 N–H and O–H groups in total.